The molecule has 0 saturated carbocycles. The number of nitrogens with zero attached hydrogens (tertiary/aromatic N) is 4. The first kappa shape index (κ1) is 24.1. The lowest BCUT2D eigenvalue weighted by Gasteiger charge is -2.20. The maximum Gasteiger partial charge on any atom is 0.164 e. The van der Waals surface area contributed by atoms with Gasteiger partial charge in [-0.3, -0.25) is 0 Å². The minimum Gasteiger partial charge on any atom is -0.307 e. The zero-order valence-electron chi connectivity index (χ0n) is 20.8. The predicted molar refractivity (Wildman–Crippen MR) is 170 cm³/mol. The predicted octanol–water partition coefficient (Wildman–Crippen LogP) is 9.96. The van der Waals surface area contributed by atoms with E-state index in [2.05, 4.69) is 85.0 Å². The van der Waals surface area contributed by atoms with Crippen molar-refractivity contribution in [1.29, 1.82) is 0 Å². The largest absolute Gasteiger partial charge is 0.307 e. The number of aromatic nitrogens is 4. The van der Waals surface area contributed by atoms with Crippen molar-refractivity contribution < 1.29 is 0 Å². The normalized spacial score (nSPS) is 12.2. The maximum absolute atomic E-state index is 4.96. The summed E-state index contributed by atoms with van der Waals surface area (Å²) in [6.07, 6.45) is 0. The Balaban J connectivity index is 1.39. The number of rotatable bonds is 3. The first-order valence-corrected chi connectivity index (χ1v) is 15.2. The highest BCUT2D eigenvalue weighted by molar-refractivity contribution is 9.10. The van der Waals surface area contributed by atoms with Crippen molar-refractivity contribution in [2.75, 3.05) is 0 Å². The molecule has 40 heavy (non-hydrogen) atoms. The lowest BCUT2D eigenvalue weighted by Crippen LogP contribution is -2.02. The number of halogens is 2. The Morgan fingerprint density at radius 2 is 1.15 bits per heavy atom. The summed E-state index contributed by atoms with van der Waals surface area (Å²) in [6.45, 7) is 0. The van der Waals surface area contributed by atoms with Crippen LogP contribution in [0, 0.1) is 0 Å². The van der Waals surface area contributed by atoms with E-state index in [-0.39, 0.29) is 0 Å². The summed E-state index contributed by atoms with van der Waals surface area (Å²) in [5.41, 5.74) is 6.44. The number of hydrogen-bond acceptors (Lipinski definition) is 4. The molecule has 4 nitrogen and oxygen atoms in total. The van der Waals surface area contributed by atoms with Crippen molar-refractivity contribution >= 4 is 65.4 Å². The van der Waals surface area contributed by atoms with Gasteiger partial charge in [0.05, 0.1) is 16.7 Å². The molecule has 7 heteroatoms. The molecule has 8 rings (SSSR count). The molecule has 0 bridgehead atoms. The van der Waals surface area contributed by atoms with Crippen LogP contribution in [0.1, 0.15) is 0 Å². The Morgan fingerprint density at radius 3 is 1.82 bits per heavy atom. The molecule has 0 atom stereocenters. The molecule has 0 fully saturated rings. The molecule has 0 amide bonds. The van der Waals surface area contributed by atoms with E-state index in [0.29, 0.717) is 17.5 Å². The molecule has 0 aliphatic carbocycles. The van der Waals surface area contributed by atoms with Crippen molar-refractivity contribution in [3.8, 4) is 39.9 Å². The van der Waals surface area contributed by atoms with Crippen LogP contribution in [0.15, 0.2) is 128 Å². The summed E-state index contributed by atoms with van der Waals surface area (Å²) in [5.74, 6) is 1.97. The summed E-state index contributed by atoms with van der Waals surface area (Å²) in [7, 11) is 0. The van der Waals surface area contributed by atoms with Gasteiger partial charge < -0.3 is 4.57 Å². The van der Waals surface area contributed by atoms with Gasteiger partial charge in [-0.2, -0.15) is 0 Å². The molecule has 190 valence electrons. The summed E-state index contributed by atoms with van der Waals surface area (Å²) >= 11 is 9.22. The number of fused-ring (bicyclic) bond motifs is 5. The van der Waals surface area contributed by atoms with Gasteiger partial charge in [0.15, 0.2) is 17.5 Å². The van der Waals surface area contributed by atoms with Gasteiger partial charge in [-0.25, -0.2) is 15.0 Å². The van der Waals surface area contributed by atoms with Gasteiger partial charge >= 0.3 is 0 Å². The Morgan fingerprint density at radius 1 is 0.525 bits per heavy atom. The van der Waals surface area contributed by atoms with E-state index < -0.39 is 0 Å². The number of hydrogen-bond donors (Lipinski definition) is 0. The average Bonchev–Trinajstić information content (AvgIpc) is 3.32. The van der Waals surface area contributed by atoms with E-state index in [1.54, 1.807) is 11.8 Å². The molecule has 1 aliphatic heterocycles. The van der Waals surface area contributed by atoms with Gasteiger partial charge in [-0.05, 0) is 48.5 Å². The molecule has 1 aliphatic rings. The van der Waals surface area contributed by atoms with Crippen LogP contribution in [0.4, 0.5) is 0 Å². The summed E-state index contributed by atoms with van der Waals surface area (Å²) in [4.78, 5) is 17.2. The Bertz CT molecular complexity index is 2050. The molecule has 2 aromatic heterocycles. The molecule has 7 aromatic rings. The highest BCUT2D eigenvalue weighted by atomic mass is 79.9. The standard InChI is InChI=1S/C33H18Br2N4S/c34-22-12-14-27-28(17-22)40-29-18-23(35)16-25-24-15-21(11-13-26(24)39(27)30(25)29)33-37-31(19-7-3-1-4-8-19)36-32(38-33)20-9-5-2-6-10-20/h1-18H. The molecule has 0 spiro atoms. The third kappa shape index (κ3) is 3.91. The van der Waals surface area contributed by atoms with Crippen molar-refractivity contribution in [2.45, 2.75) is 9.79 Å². The SMILES string of the molecule is Brc1ccc2c(c1)Sc1cc(Br)cc3c4cc(-c5nc(-c6ccccc6)nc(-c6ccccc6)n5)ccc4n-2c13. The number of benzene rings is 5. The first-order chi connectivity index (χ1) is 19.6. The van der Waals surface area contributed by atoms with Gasteiger partial charge in [0.25, 0.3) is 0 Å². The van der Waals surface area contributed by atoms with Crippen molar-refractivity contribution in [3.63, 3.8) is 0 Å². The Hall–Kier alpha value is -3.78. The molecule has 0 radical (unpaired) electrons. The molecule has 3 heterocycles. The summed E-state index contributed by atoms with van der Waals surface area (Å²) in [5, 5.41) is 2.36. The fraction of sp³-hybridized carbons (Fsp3) is 0. The van der Waals surface area contributed by atoms with Crippen molar-refractivity contribution in [1.82, 2.24) is 19.5 Å². The zero-order chi connectivity index (χ0) is 26.8. The fourth-order valence-corrected chi connectivity index (χ4v) is 7.65. The van der Waals surface area contributed by atoms with Crippen LogP contribution in [0.25, 0.3) is 61.7 Å². The van der Waals surface area contributed by atoms with Crippen LogP contribution >= 0.6 is 43.6 Å². The average molecular weight is 662 g/mol. The Labute approximate surface area is 251 Å². The van der Waals surface area contributed by atoms with E-state index in [0.717, 1.165) is 36.5 Å². The van der Waals surface area contributed by atoms with Crippen LogP contribution < -0.4 is 0 Å². The third-order valence-corrected chi connectivity index (χ3v) is 9.16. The third-order valence-electron chi connectivity index (χ3n) is 7.13. The molecule has 0 unspecified atom stereocenters. The van der Waals surface area contributed by atoms with Crippen LogP contribution in [0.5, 0.6) is 0 Å². The van der Waals surface area contributed by atoms with Crippen LogP contribution in [0.2, 0.25) is 0 Å². The lowest BCUT2D eigenvalue weighted by molar-refractivity contribution is 1.07. The smallest absolute Gasteiger partial charge is 0.164 e. The highest BCUT2D eigenvalue weighted by Gasteiger charge is 2.24. The summed E-state index contributed by atoms with van der Waals surface area (Å²) < 4.78 is 4.51. The lowest BCUT2D eigenvalue weighted by atomic mass is 10.1. The fourth-order valence-electron chi connectivity index (χ4n) is 5.36. The molecular formula is C33H18Br2N4S. The van der Waals surface area contributed by atoms with E-state index >= 15 is 0 Å². The minimum atomic E-state index is 0.652. The van der Waals surface area contributed by atoms with E-state index in [4.69, 9.17) is 15.0 Å². The Kier molecular flexibility index (Phi) is 5.66. The van der Waals surface area contributed by atoms with E-state index in [1.807, 2.05) is 60.7 Å². The van der Waals surface area contributed by atoms with Crippen molar-refractivity contribution in [2.24, 2.45) is 0 Å². The molecule has 5 aromatic carbocycles. The van der Waals surface area contributed by atoms with Crippen LogP contribution in [-0.4, -0.2) is 19.5 Å². The molecule has 0 N–H and O–H groups in total. The molecule has 0 saturated heterocycles. The van der Waals surface area contributed by atoms with Crippen molar-refractivity contribution in [3.05, 3.63) is 118 Å². The second-order valence-electron chi connectivity index (χ2n) is 9.62. The van der Waals surface area contributed by atoms with Crippen LogP contribution in [-0.2, 0) is 0 Å². The topological polar surface area (TPSA) is 43.6 Å². The van der Waals surface area contributed by atoms with Gasteiger partial charge in [0.1, 0.15) is 0 Å². The molecular weight excluding hydrogens is 644 g/mol. The highest BCUT2D eigenvalue weighted by Crippen LogP contribution is 2.48. The van der Waals surface area contributed by atoms with Gasteiger partial charge in [-0.15, -0.1) is 0 Å². The monoisotopic (exact) mass is 660 g/mol. The zero-order valence-corrected chi connectivity index (χ0v) is 24.8. The minimum absolute atomic E-state index is 0.652. The van der Waals surface area contributed by atoms with E-state index in [1.165, 1.54) is 26.4 Å². The summed E-state index contributed by atoms with van der Waals surface area (Å²) in [6, 6.07) is 37.6. The quantitative estimate of drug-likeness (QED) is 0.189. The second kappa shape index (κ2) is 9.41. The van der Waals surface area contributed by atoms with Crippen LogP contribution in [0.3, 0.4) is 0 Å². The van der Waals surface area contributed by atoms with E-state index in [9.17, 15) is 0 Å². The second-order valence-corrected chi connectivity index (χ2v) is 12.5. The van der Waals surface area contributed by atoms with Gasteiger partial charge in [-0.1, -0.05) is 104 Å². The maximum atomic E-state index is 4.96. The first-order valence-electron chi connectivity index (χ1n) is 12.8. The van der Waals surface area contributed by atoms with Gasteiger partial charge in [0.2, 0.25) is 0 Å². The van der Waals surface area contributed by atoms with Gasteiger partial charge in [0, 0.05) is 46.2 Å².